The third-order valence-corrected chi connectivity index (χ3v) is 6.09. The highest BCUT2D eigenvalue weighted by Crippen LogP contribution is 2.27. The minimum absolute atomic E-state index is 0.0150. The molecule has 1 aliphatic heterocycles. The predicted octanol–water partition coefficient (Wildman–Crippen LogP) is 2.27. The second kappa shape index (κ2) is 10.7. The quantitative estimate of drug-likeness (QED) is 0.583. The van der Waals surface area contributed by atoms with E-state index in [1.165, 1.54) is 9.47 Å². The first-order chi connectivity index (χ1) is 16.1. The number of rotatable bonds is 9. The van der Waals surface area contributed by atoms with Gasteiger partial charge in [0.05, 0.1) is 5.92 Å². The Morgan fingerprint density at radius 1 is 1.21 bits per heavy atom. The number of carbonyl (C=O) groups is 2. The largest absolute Gasteiger partial charge is 0.383 e. The lowest BCUT2D eigenvalue weighted by molar-refractivity contribution is -0.128. The van der Waals surface area contributed by atoms with Gasteiger partial charge in [0.25, 0.3) is 5.56 Å². The third kappa shape index (κ3) is 5.58. The van der Waals surface area contributed by atoms with Gasteiger partial charge in [0.15, 0.2) is 5.69 Å². The van der Waals surface area contributed by atoms with E-state index in [0.717, 1.165) is 17.5 Å². The summed E-state index contributed by atoms with van der Waals surface area (Å²) in [4.78, 5) is 56.9. The monoisotopic (exact) mass is 469 g/mol. The van der Waals surface area contributed by atoms with Crippen LogP contribution >= 0.6 is 0 Å². The molecule has 1 aliphatic rings. The zero-order valence-corrected chi connectivity index (χ0v) is 20.5. The molecule has 2 aromatic rings. The number of hydrogen-bond acceptors (Lipinski definition) is 5. The lowest BCUT2D eigenvalue weighted by Gasteiger charge is -2.28. The number of unbranched alkanes of at least 4 members (excludes halogenated alkanes) is 1. The molecule has 3 N–H and O–H groups in total. The van der Waals surface area contributed by atoms with Crippen molar-refractivity contribution in [3.63, 3.8) is 0 Å². The number of nitrogens with one attached hydrogen (secondary N) is 1. The Labute approximate surface area is 199 Å². The van der Waals surface area contributed by atoms with E-state index in [1.807, 2.05) is 52.0 Å². The van der Waals surface area contributed by atoms with Crippen LogP contribution in [0.3, 0.4) is 0 Å². The summed E-state index contributed by atoms with van der Waals surface area (Å²) in [7, 11) is 0. The molecule has 0 aliphatic carbocycles. The number of benzene rings is 1. The highest BCUT2D eigenvalue weighted by atomic mass is 16.2. The summed E-state index contributed by atoms with van der Waals surface area (Å²) >= 11 is 0. The number of anilines is 2. The molecule has 3 rings (SSSR count). The number of nitrogen functional groups attached to an aromatic ring is 1. The van der Waals surface area contributed by atoms with Crippen LogP contribution in [-0.4, -0.2) is 39.4 Å². The van der Waals surface area contributed by atoms with E-state index in [4.69, 9.17) is 5.73 Å². The fourth-order valence-corrected chi connectivity index (χ4v) is 4.26. The number of aromatic amines is 1. The molecule has 2 amide bonds. The number of aryl methyl sites for hydroxylation is 1. The molecule has 184 valence electrons. The third-order valence-electron chi connectivity index (χ3n) is 6.09. The molecule has 0 radical (unpaired) electrons. The summed E-state index contributed by atoms with van der Waals surface area (Å²) in [5, 5.41) is 0. The Balaban J connectivity index is 1.89. The van der Waals surface area contributed by atoms with E-state index in [-0.39, 0.29) is 48.7 Å². The molecule has 1 fully saturated rings. The fraction of sp³-hybridized carbons (Fsp3) is 0.520. The molecular weight excluding hydrogens is 434 g/mol. The van der Waals surface area contributed by atoms with Crippen LogP contribution in [0.5, 0.6) is 0 Å². The van der Waals surface area contributed by atoms with Gasteiger partial charge in [-0.3, -0.25) is 23.9 Å². The molecule has 9 heteroatoms. The van der Waals surface area contributed by atoms with Gasteiger partial charge >= 0.3 is 5.69 Å². The Hall–Kier alpha value is -3.36. The van der Waals surface area contributed by atoms with Gasteiger partial charge in [-0.1, -0.05) is 57.0 Å². The first kappa shape index (κ1) is 25.3. The summed E-state index contributed by atoms with van der Waals surface area (Å²) in [6.45, 7) is 9.15. The van der Waals surface area contributed by atoms with E-state index >= 15 is 0 Å². The van der Waals surface area contributed by atoms with Gasteiger partial charge in [-0.25, -0.2) is 4.79 Å². The Kier molecular flexibility index (Phi) is 7.96. The van der Waals surface area contributed by atoms with Gasteiger partial charge in [0.1, 0.15) is 5.82 Å². The summed E-state index contributed by atoms with van der Waals surface area (Å²) < 4.78 is 1.31. The summed E-state index contributed by atoms with van der Waals surface area (Å²) in [6.07, 6.45) is 1.63. The van der Waals surface area contributed by atoms with E-state index in [9.17, 15) is 19.2 Å². The molecule has 0 saturated carbocycles. The van der Waals surface area contributed by atoms with Crippen molar-refractivity contribution in [2.45, 2.75) is 60.0 Å². The summed E-state index contributed by atoms with van der Waals surface area (Å²) in [5.74, 6) is -0.993. The van der Waals surface area contributed by atoms with Crippen molar-refractivity contribution in [1.29, 1.82) is 0 Å². The van der Waals surface area contributed by atoms with Crippen LogP contribution in [-0.2, 0) is 22.7 Å². The lowest BCUT2D eigenvalue weighted by Crippen LogP contribution is -2.45. The van der Waals surface area contributed by atoms with E-state index in [1.54, 1.807) is 4.90 Å². The zero-order valence-electron chi connectivity index (χ0n) is 20.5. The highest BCUT2D eigenvalue weighted by molar-refractivity contribution is 6.00. The number of hydrogen-bond donors (Lipinski definition) is 2. The smallest absolute Gasteiger partial charge is 0.330 e. The molecule has 34 heavy (non-hydrogen) atoms. The SMILES string of the molecule is CCCCn1c(N)c(N(CC(C)C)C(=O)[C@H]2CC(=O)N(Cc3ccc(C)cc3)C2)c(=O)[nH]c1=O. The molecular formula is C25H35N5O4. The average Bonchev–Trinajstić information content (AvgIpc) is 3.13. The van der Waals surface area contributed by atoms with Crippen molar-refractivity contribution < 1.29 is 9.59 Å². The maximum atomic E-state index is 13.6. The van der Waals surface area contributed by atoms with Crippen molar-refractivity contribution in [3.05, 3.63) is 56.2 Å². The second-order valence-electron chi connectivity index (χ2n) is 9.50. The van der Waals surface area contributed by atoms with Gasteiger partial charge in [-0.15, -0.1) is 0 Å². The molecule has 1 atom stereocenters. The number of aromatic nitrogens is 2. The fourth-order valence-electron chi connectivity index (χ4n) is 4.26. The number of H-pyrrole nitrogens is 1. The highest BCUT2D eigenvalue weighted by Gasteiger charge is 2.38. The van der Waals surface area contributed by atoms with E-state index < -0.39 is 17.2 Å². The number of amides is 2. The molecule has 1 saturated heterocycles. The minimum Gasteiger partial charge on any atom is -0.383 e. The van der Waals surface area contributed by atoms with Crippen LogP contribution in [0.2, 0.25) is 0 Å². The van der Waals surface area contributed by atoms with Gasteiger partial charge in [-0.2, -0.15) is 0 Å². The average molecular weight is 470 g/mol. The molecule has 9 nitrogen and oxygen atoms in total. The molecule has 0 spiro atoms. The van der Waals surface area contributed by atoms with Crippen LogP contribution < -0.4 is 21.9 Å². The van der Waals surface area contributed by atoms with Crippen LogP contribution in [0, 0.1) is 18.8 Å². The second-order valence-corrected chi connectivity index (χ2v) is 9.50. The van der Waals surface area contributed by atoms with E-state index in [2.05, 4.69) is 4.98 Å². The van der Waals surface area contributed by atoms with Crippen LogP contribution in [0.15, 0.2) is 33.9 Å². The Morgan fingerprint density at radius 2 is 1.88 bits per heavy atom. The lowest BCUT2D eigenvalue weighted by atomic mass is 10.1. The van der Waals surface area contributed by atoms with Crippen LogP contribution in [0.4, 0.5) is 11.5 Å². The number of carbonyl (C=O) groups excluding carboxylic acids is 2. The van der Waals surface area contributed by atoms with Gasteiger partial charge in [-0.05, 0) is 24.8 Å². The molecule has 1 aromatic carbocycles. The standard InChI is InChI=1S/C25H35N5O4/c1-5-6-11-29-22(26)21(23(32)27-25(29)34)30(13-16(2)3)24(33)19-12-20(31)28(15-19)14-18-9-7-17(4)8-10-18/h7-10,16,19H,5-6,11-15,26H2,1-4H3,(H,27,32,34)/t19-/m0/s1. The first-order valence-corrected chi connectivity index (χ1v) is 11.9. The number of nitrogens with two attached hydrogens (primary N) is 1. The maximum Gasteiger partial charge on any atom is 0.330 e. The minimum atomic E-state index is -0.690. The zero-order chi connectivity index (χ0) is 25.0. The van der Waals surface area contributed by atoms with Crippen molar-refractivity contribution in [2.75, 3.05) is 23.7 Å². The molecule has 1 aromatic heterocycles. The normalized spacial score (nSPS) is 15.9. The first-order valence-electron chi connectivity index (χ1n) is 11.9. The Morgan fingerprint density at radius 3 is 2.50 bits per heavy atom. The topological polar surface area (TPSA) is 121 Å². The predicted molar refractivity (Wildman–Crippen MR) is 133 cm³/mol. The number of nitrogens with zero attached hydrogens (tertiary/aromatic N) is 3. The van der Waals surface area contributed by atoms with E-state index in [0.29, 0.717) is 19.5 Å². The van der Waals surface area contributed by atoms with Crippen molar-refractivity contribution in [3.8, 4) is 0 Å². The van der Waals surface area contributed by atoms with Crippen molar-refractivity contribution in [1.82, 2.24) is 14.5 Å². The maximum absolute atomic E-state index is 13.6. The van der Waals surface area contributed by atoms with Gasteiger partial charge in [0.2, 0.25) is 11.8 Å². The van der Waals surface area contributed by atoms with Gasteiger partial charge in [0, 0.05) is 32.6 Å². The molecule has 2 heterocycles. The number of likely N-dealkylation sites (tertiary alicyclic amines) is 1. The van der Waals surface area contributed by atoms with Crippen molar-refractivity contribution >= 4 is 23.3 Å². The van der Waals surface area contributed by atoms with Gasteiger partial charge < -0.3 is 15.5 Å². The van der Waals surface area contributed by atoms with Crippen LogP contribution in [0.1, 0.15) is 51.2 Å². The Bertz CT molecular complexity index is 1150. The molecule has 0 unspecified atom stereocenters. The summed E-state index contributed by atoms with van der Waals surface area (Å²) in [5.41, 5.74) is 7.12. The summed E-state index contributed by atoms with van der Waals surface area (Å²) in [6, 6.07) is 7.93. The molecule has 0 bridgehead atoms. The van der Waals surface area contributed by atoms with Crippen LogP contribution in [0.25, 0.3) is 0 Å². The van der Waals surface area contributed by atoms with Crippen molar-refractivity contribution in [2.24, 2.45) is 11.8 Å².